The average molecular weight is 533 g/mol. The van der Waals surface area contributed by atoms with E-state index in [1.165, 1.54) is 19.4 Å². The Morgan fingerprint density at radius 1 is 1.19 bits per heavy atom. The van der Waals surface area contributed by atoms with E-state index in [-0.39, 0.29) is 10.8 Å². The minimum atomic E-state index is -0.594. The number of H-pyrrole nitrogens is 1. The SMILES string of the molecule is COc1cc(-c2cc3[nH]c(=O)n(-c4cncc5ccc(Br)cc45)c(=O)c3s2)c(Cl)cc1F. The van der Waals surface area contributed by atoms with Crippen molar-refractivity contribution >= 4 is 59.9 Å². The highest BCUT2D eigenvalue weighted by molar-refractivity contribution is 9.10. The Hall–Kier alpha value is -3.01. The molecule has 0 saturated carbocycles. The van der Waals surface area contributed by atoms with Gasteiger partial charge < -0.3 is 9.72 Å². The molecule has 2 aromatic carbocycles. The van der Waals surface area contributed by atoms with Gasteiger partial charge in [-0.15, -0.1) is 11.3 Å². The van der Waals surface area contributed by atoms with E-state index in [4.69, 9.17) is 16.3 Å². The minimum Gasteiger partial charge on any atom is -0.494 e. The molecule has 0 aliphatic rings. The van der Waals surface area contributed by atoms with Gasteiger partial charge in [0, 0.05) is 31.9 Å². The van der Waals surface area contributed by atoms with E-state index in [0.29, 0.717) is 31.7 Å². The van der Waals surface area contributed by atoms with Crippen molar-refractivity contribution in [2.75, 3.05) is 7.11 Å². The number of nitrogens with one attached hydrogen (secondary N) is 1. The Morgan fingerprint density at radius 2 is 2.00 bits per heavy atom. The lowest BCUT2D eigenvalue weighted by Gasteiger charge is -2.08. The Balaban J connectivity index is 1.77. The van der Waals surface area contributed by atoms with Crippen LogP contribution in [0.3, 0.4) is 0 Å². The second kappa shape index (κ2) is 7.84. The van der Waals surface area contributed by atoms with Crippen molar-refractivity contribution in [3.63, 3.8) is 0 Å². The summed E-state index contributed by atoms with van der Waals surface area (Å²) in [7, 11) is 1.35. The summed E-state index contributed by atoms with van der Waals surface area (Å²) in [6, 6.07) is 9.79. The molecular formula is C22H12BrClFN3O3S. The highest BCUT2D eigenvalue weighted by Gasteiger charge is 2.18. The number of nitrogens with zero attached hydrogens (tertiary/aromatic N) is 2. The lowest BCUT2D eigenvalue weighted by molar-refractivity contribution is 0.387. The van der Waals surface area contributed by atoms with Crippen molar-refractivity contribution < 1.29 is 9.13 Å². The van der Waals surface area contributed by atoms with Crippen molar-refractivity contribution in [3.8, 4) is 21.9 Å². The molecule has 3 heterocycles. The first-order valence-corrected chi connectivity index (χ1v) is 11.2. The maximum atomic E-state index is 13.9. The molecule has 10 heteroatoms. The number of hydrogen-bond donors (Lipinski definition) is 1. The number of pyridine rings is 1. The largest absolute Gasteiger partial charge is 0.494 e. The van der Waals surface area contributed by atoms with Crippen molar-refractivity contribution in [1.82, 2.24) is 14.5 Å². The first kappa shape index (κ1) is 20.9. The van der Waals surface area contributed by atoms with Crippen molar-refractivity contribution in [2.24, 2.45) is 0 Å². The van der Waals surface area contributed by atoms with E-state index in [2.05, 4.69) is 25.9 Å². The first-order valence-electron chi connectivity index (χ1n) is 9.23. The summed E-state index contributed by atoms with van der Waals surface area (Å²) in [6.45, 7) is 0. The number of ether oxygens (including phenoxy) is 1. The Labute approximate surface area is 197 Å². The van der Waals surface area contributed by atoms with Crippen LogP contribution in [0.25, 0.3) is 37.1 Å². The maximum Gasteiger partial charge on any atom is 0.333 e. The fourth-order valence-corrected chi connectivity index (χ4v) is 5.28. The first-order chi connectivity index (χ1) is 15.4. The van der Waals surface area contributed by atoms with Gasteiger partial charge in [0.2, 0.25) is 0 Å². The van der Waals surface area contributed by atoms with Crippen LogP contribution >= 0.6 is 38.9 Å². The highest BCUT2D eigenvalue weighted by Crippen LogP contribution is 2.38. The topological polar surface area (TPSA) is 77.0 Å². The second-order valence-electron chi connectivity index (χ2n) is 6.91. The zero-order valence-electron chi connectivity index (χ0n) is 16.3. The van der Waals surface area contributed by atoms with Crippen molar-refractivity contribution in [2.45, 2.75) is 0 Å². The highest BCUT2D eigenvalue weighted by atomic mass is 79.9. The summed E-state index contributed by atoms with van der Waals surface area (Å²) in [6.07, 6.45) is 3.14. The van der Waals surface area contributed by atoms with Gasteiger partial charge in [-0.05, 0) is 30.3 Å². The molecule has 0 fully saturated rings. The smallest absolute Gasteiger partial charge is 0.333 e. The number of fused-ring (bicyclic) bond motifs is 2. The van der Waals surface area contributed by atoms with Crippen LogP contribution in [0.15, 0.2) is 62.9 Å². The molecule has 160 valence electrons. The van der Waals surface area contributed by atoms with Crippen LogP contribution in [0.2, 0.25) is 5.02 Å². The number of aromatic nitrogens is 3. The molecule has 0 atom stereocenters. The van der Waals surface area contributed by atoms with Gasteiger partial charge in [0.05, 0.1) is 29.5 Å². The van der Waals surface area contributed by atoms with E-state index in [9.17, 15) is 14.0 Å². The van der Waals surface area contributed by atoms with Gasteiger partial charge in [-0.25, -0.2) is 13.8 Å². The molecule has 5 aromatic rings. The third-order valence-corrected chi connectivity index (χ3v) is 6.99. The zero-order chi connectivity index (χ0) is 22.6. The van der Waals surface area contributed by atoms with Crippen LogP contribution in [0.1, 0.15) is 0 Å². The molecule has 1 N–H and O–H groups in total. The van der Waals surface area contributed by atoms with E-state index in [1.807, 2.05) is 18.2 Å². The fraction of sp³-hybridized carbons (Fsp3) is 0.0455. The van der Waals surface area contributed by atoms with Crippen LogP contribution in [0.5, 0.6) is 5.75 Å². The van der Waals surface area contributed by atoms with Gasteiger partial charge in [-0.1, -0.05) is 33.6 Å². The molecule has 3 aromatic heterocycles. The number of thiophene rings is 1. The maximum absolute atomic E-state index is 13.9. The number of halogens is 3. The van der Waals surface area contributed by atoms with Gasteiger partial charge >= 0.3 is 5.69 Å². The summed E-state index contributed by atoms with van der Waals surface area (Å²) in [5.74, 6) is -0.562. The molecule has 0 aliphatic carbocycles. The van der Waals surface area contributed by atoms with Crippen LogP contribution in [-0.2, 0) is 0 Å². The molecule has 5 rings (SSSR count). The van der Waals surface area contributed by atoms with E-state index >= 15 is 0 Å². The summed E-state index contributed by atoms with van der Waals surface area (Å²) in [4.78, 5) is 33.8. The minimum absolute atomic E-state index is 0.0279. The third kappa shape index (κ3) is 3.33. The fourth-order valence-electron chi connectivity index (χ4n) is 3.53. The Bertz CT molecular complexity index is 1660. The molecule has 6 nitrogen and oxygen atoms in total. The lowest BCUT2D eigenvalue weighted by atomic mass is 10.1. The molecule has 0 aliphatic heterocycles. The lowest BCUT2D eigenvalue weighted by Crippen LogP contribution is -2.33. The Kier molecular flexibility index (Phi) is 5.11. The summed E-state index contributed by atoms with van der Waals surface area (Å²) in [5.41, 5.74) is 0.149. The molecular weight excluding hydrogens is 521 g/mol. The number of methoxy groups -OCH3 is 1. The van der Waals surface area contributed by atoms with E-state index in [1.54, 1.807) is 12.3 Å². The summed E-state index contributed by atoms with van der Waals surface area (Å²) < 4.78 is 21.2. The average Bonchev–Trinajstić information content (AvgIpc) is 3.18. The van der Waals surface area contributed by atoms with Gasteiger partial charge in [0.1, 0.15) is 4.70 Å². The molecule has 0 unspecified atom stereocenters. The van der Waals surface area contributed by atoms with Gasteiger partial charge in [-0.3, -0.25) is 9.78 Å². The quantitative estimate of drug-likeness (QED) is 0.332. The molecule has 0 saturated heterocycles. The van der Waals surface area contributed by atoms with Crippen molar-refractivity contribution in [3.05, 3.63) is 84.9 Å². The zero-order valence-corrected chi connectivity index (χ0v) is 19.4. The molecule has 0 radical (unpaired) electrons. The summed E-state index contributed by atoms with van der Waals surface area (Å²) >= 11 is 10.8. The number of benzene rings is 2. The predicted octanol–water partition coefficient (Wildman–Crippen LogP) is 5.52. The third-order valence-electron chi connectivity index (χ3n) is 5.02. The monoisotopic (exact) mass is 531 g/mol. The standard InChI is InChI=1S/C22H12BrClFN3O3S/c1-31-18-5-13(14(24)6-15(18)25)19-7-16-20(32-19)21(29)28(22(30)27-16)17-9-26-8-10-2-3-11(23)4-12(10)17/h2-9H,1H3,(H,27,30). The van der Waals surface area contributed by atoms with Crippen LogP contribution in [0.4, 0.5) is 4.39 Å². The van der Waals surface area contributed by atoms with E-state index < -0.39 is 17.1 Å². The Morgan fingerprint density at radius 3 is 2.78 bits per heavy atom. The predicted molar refractivity (Wildman–Crippen MR) is 128 cm³/mol. The van der Waals surface area contributed by atoms with Gasteiger partial charge in [0.25, 0.3) is 5.56 Å². The van der Waals surface area contributed by atoms with Crippen LogP contribution in [-0.4, -0.2) is 21.6 Å². The molecule has 0 spiro atoms. The number of hydrogen-bond acceptors (Lipinski definition) is 5. The summed E-state index contributed by atoms with van der Waals surface area (Å²) in [5, 5.41) is 1.65. The van der Waals surface area contributed by atoms with Crippen LogP contribution < -0.4 is 16.0 Å². The number of rotatable bonds is 3. The second-order valence-corrected chi connectivity index (χ2v) is 9.29. The number of aromatic amines is 1. The van der Waals surface area contributed by atoms with Gasteiger partial charge in [0.15, 0.2) is 11.6 Å². The molecule has 32 heavy (non-hydrogen) atoms. The van der Waals surface area contributed by atoms with Crippen molar-refractivity contribution in [1.29, 1.82) is 0 Å². The molecule has 0 bridgehead atoms. The molecule has 0 amide bonds. The van der Waals surface area contributed by atoms with Gasteiger partial charge in [-0.2, -0.15) is 0 Å². The van der Waals surface area contributed by atoms with E-state index in [0.717, 1.165) is 31.8 Å². The van der Waals surface area contributed by atoms with Crippen LogP contribution in [0, 0.1) is 5.82 Å². The normalized spacial score (nSPS) is 11.4.